The van der Waals surface area contributed by atoms with Crippen molar-refractivity contribution in [2.75, 3.05) is 25.2 Å². The zero-order valence-corrected chi connectivity index (χ0v) is 15.5. The number of hydrogen-bond donors (Lipinski definition) is 0. The number of rotatable bonds is 4. The number of ether oxygens (including phenoxy) is 2. The van der Waals surface area contributed by atoms with E-state index in [0.29, 0.717) is 13.2 Å². The van der Waals surface area contributed by atoms with Gasteiger partial charge in [-0.25, -0.2) is 0 Å². The summed E-state index contributed by atoms with van der Waals surface area (Å²) in [5, 5.41) is 4.40. The second-order valence-electron chi connectivity index (χ2n) is 7.22. The fraction of sp³-hybridized carbons (Fsp3) is 0.500. The minimum absolute atomic E-state index is 0.146. The van der Waals surface area contributed by atoms with Crippen LogP contribution in [0.2, 0.25) is 0 Å². The first-order valence-corrected chi connectivity index (χ1v) is 9.23. The second-order valence-corrected chi connectivity index (χ2v) is 7.22. The van der Waals surface area contributed by atoms with E-state index in [1.54, 1.807) is 13.3 Å². The molecule has 4 rings (SSSR count). The van der Waals surface area contributed by atoms with Gasteiger partial charge in [-0.2, -0.15) is 5.10 Å². The van der Waals surface area contributed by atoms with Crippen molar-refractivity contribution < 1.29 is 14.3 Å². The topological polar surface area (TPSA) is 56.6 Å². The van der Waals surface area contributed by atoms with E-state index in [2.05, 4.69) is 18.9 Å². The van der Waals surface area contributed by atoms with Crippen LogP contribution in [0.5, 0.6) is 5.75 Å². The van der Waals surface area contributed by atoms with Gasteiger partial charge in [-0.05, 0) is 56.5 Å². The average molecular weight is 355 g/mol. The van der Waals surface area contributed by atoms with E-state index in [9.17, 15) is 4.79 Å². The van der Waals surface area contributed by atoms with Gasteiger partial charge in [0.2, 0.25) is 5.91 Å². The van der Waals surface area contributed by atoms with Crippen LogP contribution in [0.3, 0.4) is 0 Å². The number of hydrogen-bond acceptors (Lipinski definition) is 4. The molecular weight excluding hydrogens is 330 g/mol. The molecule has 0 unspecified atom stereocenters. The molecule has 2 aliphatic rings. The van der Waals surface area contributed by atoms with Gasteiger partial charge in [0.05, 0.1) is 18.7 Å². The zero-order chi connectivity index (χ0) is 18.3. The molecule has 0 saturated carbocycles. The molecule has 6 heteroatoms. The lowest BCUT2D eigenvalue weighted by molar-refractivity contribution is -0.124. The molecule has 1 aromatic heterocycles. The van der Waals surface area contributed by atoms with E-state index in [-0.39, 0.29) is 24.0 Å². The Balaban J connectivity index is 1.60. The molecule has 2 atom stereocenters. The molecule has 2 aromatic rings. The highest BCUT2D eigenvalue weighted by Gasteiger charge is 2.41. The van der Waals surface area contributed by atoms with Gasteiger partial charge in [-0.1, -0.05) is 0 Å². The summed E-state index contributed by atoms with van der Waals surface area (Å²) in [7, 11) is 1.66. The number of nitrogens with zero attached hydrogens (tertiary/aromatic N) is 3. The third-order valence-corrected chi connectivity index (χ3v) is 5.34. The van der Waals surface area contributed by atoms with Crippen molar-refractivity contribution in [3.8, 4) is 5.75 Å². The molecule has 0 spiro atoms. The van der Waals surface area contributed by atoms with E-state index < -0.39 is 0 Å². The standard InChI is InChI=1S/C20H25N3O3/c1-13(2)23-18(6-9-21-23)19-16(8-11-26-19)20(24)22-10-7-14-12-15(25-3)4-5-17(14)22/h4-6,9,12-13,16,19H,7-8,10-11H2,1-3H3/t16-,19-/m0/s1. The molecule has 1 aromatic carbocycles. The highest BCUT2D eigenvalue weighted by Crippen LogP contribution is 2.39. The first-order chi connectivity index (χ1) is 12.6. The Labute approximate surface area is 153 Å². The molecule has 1 amide bonds. The van der Waals surface area contributed by atoms with Crippen LogP contribution in [0.15, 0.2) is 30.5 Å². The van der Waals surface area contributed by atoms with Crippen LogP contribution in [0.1, 0.15) is 43.7 Å². The summed E-state index contributed by atoms with van der Waals surface area (Å²) in [5.41, 5.74) is 3.16. The average Bonchev–Trinajstić information content (AvgIpc) is 3.37. The van der Waals surface area contributed by atoms with E-state index >= 15 is 0 Å². The predicted molar refractivity (Wildman–Crippen MR) is 98.5 cm³/mol. The van der Waals surface area contributed by atoms with Crippen LogP contribution in [0.4, 0.5) is 5.69 Å². The van der Waals surface area contributed by atoms with E-state index in [1.807, 2.05) is 33.8 Å². The minimum atomic E-state index is -0.227. The molecule has 3 heterocycles. The van der Waals surface area contributed by atoms with Gasteiger partial charge in [-0.15, -0.1) is 0 Å². The van der Waals surface area contributed by atoms with Crippen molar-refractivity contribution in [2.45, 2.75) is 38.8 Å². The Morgan fingerprint density at radius 1 is 1.35 bits per heavy atom. The molecule has 26 heavy (non-hydrogen) atoms. The molecule has 0 N–H and O–H groups in total. The van der Waals surface area contributed by atoms with Crippen LogP contribution >= 0.6 is 0 Å². The largest absolute Gasteiger partial charge is 0.497 e. The number of carbonyl (C=O) groups excluding carboxylic acids is 1. The van der Waals surface area contributed by atoms with E-state index in [4.69, 9.17) is 9.47 Å². The monoisotopic (exact) mass is 355 g/mol. The molecule has 0 bridgehead atoms. The maximum atomic E-state index is 13.3. The van der Waals surface area contributed by atoms with Crippen molar-refractivity contribution in [1.82, 2.24) is 9.78 Å². The maximum Gasteiger partial charge on any atom is 0.233 e. The Bertz CT molecular complexity index is 814. The van der Waals surface area contributed by atoms with Crippen molar-refractivity contribution >= 4 is 11.6 Å². The number of fused-ring (bicyclic) bond motifs is 1. The molecule has 1 saturated heterocycles. The summed E-state index contributed by atoms with van der Waals surface area (Å²) in [5.74, 6) is 0.811. The lowest BCUT2D eigenvalue weighted by Gasteiger charge is -2.25. The summed E-state index contributed by atoms with van der Waals surface area (Å²) < 4.78 is 13.2. The number of benzene rings is 1. The number of methoxy groups -OCH3 is 1. The van der Waals surface area contributed by atoms with Gasteiger partial charge in [0.1, 0.15) is 11.9 Å². The zero-order valence-electron chi connectivity index (χ0n) is 15.5. The van der Waals surface area contributed by atoms with Crippen LogP contribution < -0.4 is 9.64 Å². The van der Waals surface area contributed by atoms with Crippen molar-refractivity contribution in [1.29, 1.82) is 0 Å². The quantitative estimate of drug-likeness (QED) is 0.845. The Morgan fingerprint density at radius 2 is 2.19 bits per heavy atom. The number of amides is 1. The van der Waals surface area contributed by atoms with Gasteiger partial charge in [0, 0.05) is 31.1 Å². The van der Waals surface area contributed by atoms with Gasteiger partial charge < -0.3 is 14.4 Å². The summed E-state index contributed by atoms with van der Waals surface area (Å²) >= 11 is 0. The molecule has 0 aliphatic carbocycles. The molecule has 6 nitrogen and oxygen atoms in total. The van der Waals surface area contributed by atoms with Crippen molar-refractivity contribution in [3.63, 3.8) is 0 Å². The van der Waals surface area contributed by atoms with Crippen LogP contribution in [0, 0.1) is 5.92 Å². The van der Waals surface area contributed by atoms with Crippen molar-refractivity contribution in [3.05, 3.63) is 41.7 Å². The highest BCUT2D eigenvalue weighted by atomic mass is 16.5. The van der Waals surface area contributed by atoms with Gasteiger partial charge in [0.15, 0.2) is 0 Å². The molecule has 2 aliphatic heterocycles. The fourth-order valence-electron chi connectivity index (χ4n) is 4.05. The first-order valence-electron chi connectivity index (χ1n) is 9.23. The predicted octanol–water partition coefficient (Wildman–Crippen LogP) is 3.14. The lowest BCUT2D eigenvalue weighted by atomic mass is 9.97. The minimum Gasteiger partial charge on any atom is -0.497 e. The third kappa shape index (κ3) is 2.78. The fourth-order valence-corrected chi connectivity index (χ4v) is 4.05. The van der Waals surface area contributed by atoms with E-state index in [0.717, 1.165) is 30.0 Å². The molecule has 0 radical (unpaired) electrons. The number of aromatic nitrogens is 2. The normalized spacial score (nSPS) is 22.1. The van der Waals surface area contributed by atoms with E-state index in [1.165, 1.54) is 5.56 Å². The van der Waals surface area contributed by atoms with Crippen molar-refractivity contribution in [2.24, 2.45) is 5.92 Å². The molecule has 138 valence electrons. The third-order valence-electron chi connectivity index (χ3n) is 5.34. The maximum absolute atomic E-state index is 13.3. The summed E-state index contributed by atoms with van der Waals surface area (Å²) in [6.07, 6.45) is 3.17. The molecular formula is C20H25N3O3. The molecule has 1 fully saturated rings. The Kier molecular flexibility index (Phi) is 4.44. The first kappa shape index (κ1) is 17.1. The SMILES string of the molecule is COc1ccc2c(c1)CCN2C(=O)[C@H]1CCO[C@@H]1c1ccnn1C(C)C. The summed E-state index contributed by atoms with van der Waals surface area (Å²) in [4.78, 5) is 15.3. The van der Waals surface area contributed by atoms with Gasteiger partial charge >= 0.3 is 0 Å². The number of carbonyl (C=O) groups is 1. The summed E-state index contributed by atoms with van der Waals surface area (Å²) in [6.45, 7) is 5.50. The van der Waals surface area contributed by atoms with Gasteiger partial charge in [-0.3, -0.25) is 9.48 Å². The highest BCUT2D eigenvalue weighted by molar-refractivity contribution is 5.97. The Hall–Kier alpha value is -2.34. The lowest BCUT2D eigenvalue weighted by Crippen LogP contribution is -2.36. The Morgan fingerprint density at radius 3 is 2.96 bits per heavy atom. The summed E-state index contributed by atoms with van der Waals surface area (Å²) in [6, 6.07) is 8.14. The smallest absolute Gasteiger partial charge is 0.233 e. The van der Waals surface area contributed by atoms with Crippen LogP contribution in [-0.4, -0.2) is 35.9 Å². The second kappa shape index (κ2) is 6.76. The van der Waals surface area contributed by atoms with Crippen LogP contribution in [-0.2, 0) is 16.0 Å². The number of anilines is 1. The van der Waals surface area contributed by atoms with Gasteiger partial charge in [0.25, 0.3) is 0 Å². The van der Waals surface area contributed by atoms with Crippen LogP contribution in [0.25, 0.3) is 0 Å².